The smallest absolute Gasteiger partial charge is 0.310 e. The van der Waals surface area contributed by atoms with Gasteiger partial charge in [0, 0.05) is 19.2 Å². The van der Waals surface area contributed by atoms with Crippen LogP contribution in [-0.2, 0) is 19.1 Å². The van der Waals surface area contributed by atoms with Crippen LogP contribution in [-0.4, -0.2) is 59.4 Å². The van der Waals surface area contributed by atoms with E-state index in [1.807, 2.05) is 6.92 Å². The van der Waals surface area contributed by atoms with Crippen molar-refractivity contribution in [3.63, 3.8) is 0 Å². The van der Waals surface area contributed by atoms with Crippen molar-refractivity contribution < 1.29 is 28.8 Å². The Morgan fingerprint density at radius 1 is 1.39 bits per heavy atom. The fraction of sp³-hybridized carbons (Fsp3) is 0.500. The SMILES string of the molecule is CCCOC(=O)C[C@H]1C(=O)NCCN1C(=O)[C@@H](C)Oc1ccccc1[N+](=O)[O-]. The average molecular weight is 393 g/mol. The molecule has 2 amide bonds. The van der Waals surface area contributed by atoms with Crippen LogP contribution < -0.4 is 10.1 Å². The maximum absolute atomic E-state index is 12.8. The molecule has 0 spiro atoms. The van der Waals surface area contributed by atoms with Gasteiger partial charge >= 0.3 is 11.7 Å². The number of hydrogen-bond acceptors (Lipinski definition) is 7. The van der Waals surface area contributed by atoms with Crippen molar-refractivity contribution in [3.05, 3.63) is 34.4 Å². The van der Waals surface area contributed by atoms with Gasteiger partial charge in [-0.2, -0.15) is 0 Å². The second kappa shape index (κ2) is 9.67. The molecule has 0 aliphatic carbocycles. The summed E-state index contributed by atoms with van der Waals surface area (Å²) in [6.07, 6.45) is -0.706. The lowest BCUT2D eigenvalue weighted by molar-refractivity contribution is -0.386. The molecule has 28 heavy (non-hydrogen) atoms. The number of nitrogens with one attached hydrogen (secondary N) is 1. The van der Waals surface area contributed by atoms with Crippen LogP contribution in [0.25, 0.3) is 0 Å². The van der Waals surface area contributed by atoms with Crippen molar-refractivity contribution in [1.82, 2.24) is 10.2 Å². The lowest BCUT2D eigenvalue weighted by Gasteiger charge is -2.35. The van der Waals surface area contributed by atoms with Crippen molar-refractivity contribution in [1.29, 1.82) is 0 Å². The second-order valence-electron chi connectivity index (χ2n) is 6.25. The number of carbonyl (C=O) groups excluding carboxylic acids is 3. The van der Waals surface area contributed by atoms with Crippen molar-refractivity contribution in [2.24, 2.45) is 0 Å². The number of nitro groups is 1. The van der Waals surface area contributed by atoms with E-state index in [1.54, 1.807) is 6.07 Å². The van der Waals surface area contributed by atoms with E-state index in [2.05, 4.69) is 5.32 Å². The normalized spacial score (nSPS) is 17.4. The fourth-order valence-electron chi connectivity index (χ4n) is 2.80. The summed E-state index contributed by atoms with van der Waals surface area (Å²) in [7, 11) is 0. The topological polar surface area (TPSA) is 128 Å². The summed E-state index contributed by atoms with van der Waals surface area (Å²) in [6, 6.07) is 4.70. The molecule has 1 aromatic rings. The number of piperazine rings is 1. The van der Waals surface area contributed by atoms with E-state index in [-0.39, 0.29) is 37.6 Å². The standard InChI is InChI=1S/C18H23N3O7/c1-3-10-27-16(22)11-14-17(23)19-8-9-20(14)18(24)12(2)28-15-7-5-4-6-13(15)21(25)26/h4-7,12,14H,3,8-11H2,1-2H3,(H,19,23)/t12-,14+/m1/s1. The van der Waals surface area contributed by atoms with Crippen LogP contribution in [0.4, 0.5) is 5.69 Å². The Bertz CT molecular complexity index is 752. The third kappa shape index (κ3) is 5.18. The van der Waals surface area contributed by atoms with E-state index in [0.717, 1.165) is 0 Å². The average Bonchev–Trinajstić information content (AvgIpc) is 2.67. The number of ether oxygens (including phenoxy) is 2. The van der Waals surface area contributed by atoms with Crippen molar-refractivity contribution in [2.45, 2.75) is 38.8 Å². The molecule has 10 heteroatoms. The molecule has 0 radical (unpaired) electrons. The summed E-state index contributed by atoms with van der Waals surface area (Å²) in [5, 5.41) is 13.7. The number of rotatable bonds is 8. The predicted octanol–water partition coefficient (Wildman–Crippen LogP) is 1.03. The zero-order valence-corrected chi connectivity index (χ0v) is 15.8. The van der Waals surface area contributed by atoms with Gasteiger partial charge < -0.3 is 19.7 Å². The van der Waals surface area contributed by atoms with Gasteiger partial charge in [-0.3, -0.25) is 24.5 Å². The van der Waals surface area contributed by atoms with Gasteiger partial charge in [0.05, 0.1) is 18.0 Å². The third-order valence-electron chi connectivity index (χ3n) is 4.15. The van der Waals surface area contributed by atoms with Crippen molar-refractivity contribution in [2.75, 3.05) is 19.7 Å². The van der Waals surface area contributed by atoms with Crippen LogP contribution in [0.5, 0.6) is 5.75 Å². The molecule has 152 valence electrons. The highest BCUT2D eigenvalue weighted by Gasteiger charge is 2.37. The molecule has 1 heterocycles. The predicted molar refractivity (Wildman–Crippen MR) is 97.6 cm³/mol. The molecule has 1 N–H and O–H groups in total. The zero-order chi connectivity index (χ0) is 20.7. The molecule has 0 saturated carbocycles. The van der Waals surface area contributed by atoms with Gasteiger partial charge in [-0.1, -0.05) is 19.1 Å². The third-order valence-corrected chi connectivity index (χ3v) is 4.15. The number of benzene rings is 1. The quantitative estimate of drug-likeness (QED) is 0.397. The molecular formula is C18H23N3O7. The summed E-state index contributed by atoms with van der Waals surface area (Å²) in [5.41, 5.74) is -0.266. The van der Waals surface area contributed by atoms with Gasteiger partial charge in [0.25, 0.3) is 5.91 Å². The van der Waals surface area contributed by atoms with Crippen molar-refractivity contribution >= 4 is 23.5 Å². The van der Waals surface area contributed by atoms with Crippen molar-refractivity contribution in [3.8, 4) is 5.75 Å². The van der Waals surface area contributed by atoms with Crippen LogP contribution in [0.15, 0.2) is 24.3 Å². The molecule has 10 nitrogen and oxygen atoms in total. The number of nitrogens with zero attached hydrogens (tertiary/aromatic N) is 2. The first kappa shape index (κ1) is 21.1. The number of nitro benzene ring substituents is 1. The maximum Gasteiger partial charge on any atom is 0.310 e. The maximum atomic E-state index is 12.8. The molecule has 0 unspecified atom stereocenters. The minimum absolute atomic E-state index is 0.0475. The molecule has 1 aliphatic rings. The van der Waals surface area contributed by atoms with E-state index in [1.165, 1.54) is 30.0 Å². The fourth-order valence-corrected chi connectivity index (χ4v) is 2.80. The van der Waals surface area contributed by atoms with Gasteiger partial charge in [-0.25, -0.2) is 0 Å². The van der Waals surface area contributed by atoms with Gasteiger partial charge in [0.15, 0.2) is 11.9 Å². The highest BCUT2D eigenvalue weighted by molar-refractivity contribution is 5.93. The minimum atomic E-state index is -1.08. The van der Waals surface area contributed by atoms with Crippen LogP contribution in [0, 0.1) is 10.1 Å². The number of amides is 2. The number of carbonyl (C=O) groups is 3. The Labute approximate surface area is 161 Å². The Morgan fingerprint density at radius 3 is 2.79 bits per heavy atom. The van der Waals surface area contributed by atoms with Crippen LogP contribution in [0.3, 0.4) is 0 Å². The molecule has 0 aromatic heterocycles. The van der Waals surface area contributed by atoms with E-state index < -0.39 is 34.9 Å². The molecule has 1 saturated heterocycles. The summed E-state index contributed by atoms with van der Waals surface area (Å²) >= 11 is 0. The Morgan fingerprint density at radius 2 is 2.11 bits per heavy atom. The number of hydrogen-bond donors (Lipinski definition) is 1. The van der Waals surface area contributed by atoms with E-state index in [0.29, 0.717) is 6.42 Å². The molecule has 2 atom stereocenters. The highest BCUT2D eigenvalue weighted by Crippen LogP contribution is 2.27. The van der Waals surface area contributed by atoms with Crippen LogP contribution in [0.1, 0.15) is 26.7 Å². The van der Waals surface area contributed by atoms with Gasteiger partial charge in [0.2, 0.25) is 5.91 Å². The Hall–Kier alpha value is -3.17. The molecule has 1 aliphatic heterocycles. The first-order valence-electron chi connectivity index (χ1n) is 8.99. The number of esters is 1. The summed E-state index contributed by atoms with van der Waals surface area (Å²) < 4.78 is 10.5. The van der Waals surface area contributed by atoms with E-state index in [4.69, 9.17) is 9.47 Å². The van der Waals surface area contributed by atoms with E-state index >= 15 is 0 Å². The van der Waals surface area contributed by atoms with Gasteiger partial charge in [-0.15, -0.1) is 0 Å². The van der Waals surface area contributed by atoms with Gasteiger partial charge in [-0.05, 0) is 19.4 Å². The first-order valence-corrected chi connectivity index (χ1v) is 8.99. The largest absolute Gasteiger partial charge is 0.474 e. The molecule has 1 aromatic carbocycles. The molecule has 1 fully saturated rings. The lowest BCUT2D eigenvalue weighted by atomic mass is 10.1. The van der Waals surface area contributed by atoms with Crippen LogP contribution >= 0.6 is 0 Å². The second-order valence-corrected chi connectivity index (χ2v) is 6.25. The molecule has 0 bridgehead atoms. The monoisotopic (exact) mass is 393 g/mol. The lowest BCUT2D eigenvalue weighted by Crippen LogP contribution is -2.60. The Kier molecular flexibility index (Phi) is 7.30. The summed E-state index contributed by atoms with van der Waals surface area (Å²) in [4.78, 5) is 48.7. The Balaban J connectivity index is 2.12. The van der Waals surface area contributed by atoms with Crippen LogP contribution in [0.2, 0.25) is 0 Å². The molecular weight excluding hydrogens is 370 g/mol. The first-order chi connectivity index (χ1) is 13.3. The zero-order valence-electron chi connectivity index (χ0n) is 15.8. The summed E-state index contributed by atoms with van der Waals surface area (Å²) in [6.45, 7) is 3.96. The molecule has 2 rings (SSSR count). The minimum Gasteiger partial charge on any atom is -0.474 e. The van der Waals surface area contributed by atoms with E-state index in [9.17, 15) is 24.5 Å². The summed E-state index contributed by atoms with van der Waals surface area (Å²) in [5.74, 6) is -1.62. The van der Waals surface area contributed by atoms with Gasteiger partial charge in [0.1, 0.15) is 6.04 Å². The highest BCUT2D eigenvalue weighted by atomic mass is 16.6. The number of para-hydroxylation sites is 2.